The van der Waals surface area contributed by atoms with Gasteiger partial charge >= 0.3 is 35.5 Å². The number of β-lactam (4-membered cyclic amide) rings is 1. The zero-order valence-corrected chi connectivity index (χ0v) is 21.7. The summed E-state index contributed by atoms with van der Waals surface area (Å²) >= 11 is 12.5. The molecule has 0 saturated carbocycles. The number of carbonyl (C=O) groups excluding carboxylic acids is 2. The van der Waals surface area contributed by atoms with Crippen LogP contribution >= 0.6 is 69.6 Å². The number of aromatic nitrogens is 3. The molecule has 0 spiro atoms. The maximum atomic E-state index is 12.8. The Morgan fingerprint density at radius 3 is 2.76 bits per heavy atom. The number of aliphatic carboxylic acids is 1. The summed E-state index contributed by atoms with van der Waals surface area (Å²) in [6.45, 7) is 0.0627. The van der Waals surface area contributed by atoms with E-state index in [4.69, 9.17) is 17.3 Å². The van der Waals surface area contributed by atoms with Gasteiger partial charge in [-0.05, 0) is 6.26 Å². The molecule has 0 radical (unpaired) electrons. The summed E-state index contributed by atoms with van der Waals surface area (Å²) in [4.78, 5) is 43.2. The van der Waals surface area contributed by atoms with Crippen molar-refractivity contribution in [2.24, 2.45) is 5.41 Å². The molecule has 2 aromatic rings. The number of carboxylic acids is 1. The monoisotopic (exact) mass is 588 g/mol. The zero-order chi connectivity index (χ0) is 23.8. The summed E-state index contributed by atoms with van der Waals surface area (Å²) in [7, 11) is 0. The van der Waals surface area contributed by atoms with Gasteiger partial charge in [0.1, 0.15) is 16.8 Å². The number of carbonyl (C=O) groups is 3. The molecule has 17 heteroatoms. The Hall–Kier alpha value is -0.520. The number of amides is 2. The van der Waals surface area contributed by atoms with Crippen LogP contribution in [0.3, 0.4) is 0 Å². The second-order valence-electron chi connectivity index (χ2n) is 7.12. The Morgan fingerprint density at radius 2 is 2.18 bits per heavy atom. The fraction of sp³-hybridized carbons (Fsp3) is 0.412. The van der Waals surface area contributed by atoms with Gasteiger partial charge in [0.25, 0.3) is 5.91 Å². The predicted octanol–water partition coefficient (Wildman–Crippen LogP) is 1.49. The average Bonchev–Trinajstić information content (AvgIpc) is 3.45. The van der Waals surface area contributed by atoms with Crippen molar-refractivity contribution in [1.82, 2.24) is 25.4 Å². The molecule has 2 aromatic heterocycles. The van der Waals surface area contributed by atoms with Crippen molar-refractivity contribution in [1.29, 1.82) is 0 Å². The summed E-state index contributed by atoms with van der Waals surface area (Å²) in [6, 6.07) is -0.767. The van der Waals surface area contributed by atoms with E-state index in [9.17, 15) is 19.5 Å². The molecule has 3 atom stereocenters. The number of nitrogens with zero attached hydrogens (tertiary/aromatic N) is 4. The number of fused-ring (bicyclic) bond motifs is 1. The first-order chi connectivity index (χ1) is 15.8. The molecular weight excluding hydrogens is 571 g/mol. The first-order valence-electron chi connectivity index (χ1n) is 9.26. The quantitative estimate of drug-likeness (QED) is 0.178. The summed E-state index contributed by atoms with van der Waals surface area (Å²) in [5, 5.41) is 22.3. The van der Waals surface area contributed by atoms with E-state index in [0.717, 1.165) is 9.87 Å². The molecule has 2 fully saturated rings. The van der Waals surface area contributed by atoms with Crippen LogP contribution in [0.2, 0.25) is 0 Å². The second-order valence-corrected chi connectivity index (χ2v) is 12.6. The molecule has 10 nitrogen and oxygen atoms in total. The second kappa shape index (κ2) is 11.7. The fourth-order valence-electron chi connectivity index (χ4n) is 3.30. The van der Waals surface area contributed by atoms with E-state index in [1.807, 2.05) is 6.26 Å². The first-order valence-corrected chi connectivity index (χ1v) is 14.7. The Morgan fingerprint density at radius 1 is 1.44 bits per heavy atom. The van der Waals surface area contributed by atoms with Crippen molar-refractivity contribution in [3.05, 3.63) is 16.6 Å². The van der Waals surface area contributed by atoms with Crippen molar-refractivity contribution < 1.29 is 19.5 Å². The van der Waals surface area contributed by atoms with Gasteiger partial charge in [-0.2, -0.15) is 0 Å². The number of carboxylic acid groups (broad SMARTS) is 1. The van der Waals surface area contributed by atoms with Crippen molar-refractivity contribution in [3.63, 3.8) is 0 Å². The van der Waals surface area contributed by atoms with Crippen molar-refractivity contribution in [3.8, 4) is 0 Å². The fourth-order valence-corrected chi connectivity index (χ4v) is 8.37. The van der Waals surface area contributed by atoms with Gasteiger partial charge in [0.15, 0.2) is 13.8 Å². The third kappa shape index (κ3) is 5.57. The standard InChI is InChI=1S/C17H17ClN6O4S5.Na.H/c1-29-15-22-23-16(33-15)32-6-17(13(27)28)4-24-11(26)9(12(24)31-5-17)21-10(25)7(2-18)8-3-30-14(19)20-8;;/h2-3,9,12H,4-6H2,1H3,(H2,19,20)(H,21,25)(H,27,28);;/t9?,12-,17?;;/m1../s1. The van der Waals surface area contributed by atoms with Crippen LogP contribution in [0, 0.1) is 5.41 Å². The molecule has 2 unspecified atom stereocenters. The summed E-state index contributed by atoms with van der Waals surface area (Å²) in [6.07, 6.45) is 1.90. The topological polar surface area (TPSA) is 151 Å². The van der Waals surface area contributed by atoms with E-state index < -0.39 is 23.3 Å². The van der Waals surface area contributed by atoms with Crippen molar-refractivity contribution >= 4 is 128 Å². The number of hydrogen-bond acceptors (Lipinski definition) is 12. The number of nitrogen functional groups attached to an aromatic ring is 1. The molecule has 178 valence electrons. The van der Waals surface area contributed by atoms with E-state index in [-0.39, 0.29) is 58.7 Å². The number of halogens is 1. The number of rotatable bonds is 8. The van der Waals surface area contributed by atoms with Crippen LogP contribution in [0.5, 0.6) is 0 Å². The van der Waals surface area contributed by atoms with Crippen LogP contribution < -0.4 is 11.1 Å². The third-order valence-electron chi connectivity index (χ3n) is 5.07. The summed E-state index contributed by atoms with van der Waals surface area (Å²) in [5.74, 6) is -1.28. The Bertz CT molecular complexity index is 1130. The molecule has 34 heavy (non-hydrogen) atoms. The predicted molar refractivity (Wildman–Crippen MR) is 140 cm³/mol. The maximum absolute atomic E-state index is 12.8. The van der Waals surface area contributed by atoms with E-state index in [1.165, 1.54) is 62.9 Å². The Kier molecular flexibility index (Phi) is 9.64. The van der Waals surface area contributed by atoms with Gasteiger partial charge in [0, 0.05) is 29.0 Å². The third-order valence-corrected chi connectivity index (χ3v) is 10.9. The van der Waals surface area contributed by atoms with Gasteiger partial charge in [-0.1, -0.05) is 46.5 Å². The van der Waals surface area contributed by atoms with E-state index in [0.29, 0.717) is 20.9 Å². The molecule has 2 aliphatic rings. The minimum atomic E-state index is -1.12. The molecule has 2 amide bonds. The molecule has 2 saturated heterocycles. The number of nitrogens with two attached hydrogens (primary N) is 1. The molecule has 4 rings (SSSR count). The van der Waals surface area contributed by atoms with Crippen LogP contribution in [0.1, 0.15) is 5.69 Å². The van der Waals surface area contributed by atoms with Crippen LogP contribution in [-0.2, 0) is 14.4 Å². The van der Waals surface area contributed by atoms with E-state index in [1.54, 1.807) is 5.38 Å². The van der Waals surface area contributed by atoms with Crippen molar-refractivity contribution in [2.75, 3.05) is 30.0 Å². The van der Waals surface area contributed by atoms with Crippen LogP contribution in [-0.4, -0.2) is 108 Å². The van der Waals surface area contributed by atoms with Gasteiger partial charge < -0.3 is 21.1 Å². The SMILES string of the molecule is CSc1nnc(SCC2(C(=O)O)CS[C@@H]3C(NC(=O)C(=CCl)c4csc(N)n4)C(=O)N3C2)s1.[NaH]. The Balaban J connectivity index is 0.00000324. The number of anilines is 1. The van der Waals surface area contributed by atoms with E-state index >= 15 is 0 Å². The van der Waals surface area contributed by atoms with Gasteiger partial charge in [-0.25, -0.2) is 4.98 Å². The molecule has 4 heterocycles. The molecule has 0 bridgehead atoms. The van der Waals surface area contributed by atoms with Crippen LogP contribution in [0.15, 0.2) is 19.6 Å². The van der Waals surface area contributed by atoms with Crippen LogP contribution in [0.25, 0.3) is 5.57 Å². The van der Waals surface area contributed by atoms with Gasteiger partial charge in [0.2, 0.25) is 5.91 Å². The normalized spacial score (nSPS) is 24.1. The van der Waals surface area contributed by atoms with Crippen LogP contribution in [0.4, 0.5) is 5.13 Å². The number of nitrogens with one attached hydrogen (secondary N) is 1. The average molecular weight is 589 g/mol. The minimum absolute atomic E-state index is 0. The molecule has 0 aromatic carbocycles. The molecular formula is C17H18ClN6NaO4S5. The van der Waals surface area contributed by atoms with E-state index in [2.05, 4.69) is 20.5 Å². The number of thioether (sulfide) groups is 3. The summed E-state index contributed by atoms with van der Waals surface area (Å²) < 4.78 is 1.50. The van der Waals surface area contributed by atoms with Gasteiger partial charge in [-0.15, -0.1) is 33.3 Å². The summed E-state index contributed by atoms with van der Waals surface area (Å²) in [5.41, 5.74) is 6.03. The van der Waals surface area contributed by atoms with Gasteiger partial charge in [-0.3, -0.25) is 14.4 Å². The van der Waals surface area contributed by atoms with Gasteiger partial charge in [0.05, 0.1) is 11.3 Å². The molecule has 4 N–H and O–H groups in total. The number of thiazole rings is 1. The zero-order valence-electron chi connectivity index (χ0n) is 16.9. The first kappa shape index (κ1) is 28.1. The van der Waals surface area contributed by atoms with Crippen molar-refractivity contribution in [2.45, 2.75) is 20.1 Å². The Labute approximate surface area is 242 Å². The molecule has 0 aliphatic carbocycles. The molecule has 2 aliphatic heterocycles. The number of hydrogen-bond donors (Lipinski definition) is 3.